The van der Waals surface area contributed by atoms with Crippen molar-refractivity contribution in [1.82, 2.24) is 9.03 Å². The van der Waals surface area contributed by atoms with E-state index < -0.39 is 22.2 Å². The molecular formula is C21H25ClFN3O5S. The number of anilines is 1. The number of carboxylic acid groups (broad SMARTS) is 2. The summed E-state index contributed by atoms with van der Waals surface area (Å²) >= 11 is 5.74. The topological polar surface area (TPSA) is 110 Å². The Morgan fingerprint density at radius 2 is 1.69 bits per heavy atom. The van der Waals surface area contributed by atoms with Gasteiger partial charge in [0.25, 0.3) is 10.2 Å². The summed E-state index contributed by atoms with van der Waals surface area (Å²) in [6, 6.07) is 14.6. The van der Waals surface area contributed by atoms with Gasteiger partial charge in [-0.2, -0.15) is 17.4 Å². The number of halogens is 2. The van der Waals surface area contributed by atoms with Gasteiger partial charge in [0.1, 0.15) is 5.82 Å². The van der Waals surface area contributed by atoms with Crippen LogP contribution in [0.15, 0.2) is 48.5 Å². The van der Waals surface area contributed by atoms with Gasteiger partial charge in [0.15, 0.2) is 0 Å². The SMILES string of the molecule is C[C@H]1[C@H](NS(=O)(=O)N2CCN(c3ccc(Cl)c(F)c3)CC2)[C@H]1c1ccccc1.O=C(O)O. The predicted molar refractivity (Wildman–Crippen MR) is 120 cm³/mol. The normalized spacial score (nSPS) is 23.2. The summed E-state index contributed by atoms with van der Waals surface area (Å²) in [5.41, 5.74) is 1.88. The molecule has 1 saturated heterocycles. The highest BCUT2D eigenvalue weighted by Gasteiger charge is 2.50. The smallest absolute Gasteiger partial charge is 0.450 e. The number of nitrogens with one attached hydrogen (secondary N) is 1. The van der Waals surface area contributed by atoms with Gasteiger partial charge in [-0.05, 0) is 29.7 Å². The Labute approximate surface area is 191 Å². The molecule has 8 nitrogen and oxygen atoms in total. The molecule has 0 spiro atoms. The highest BCUT2D eigenvalue weighted by atomic mass is 35.5. The molecule has 0 unspecified atom stereocenters. The summed E-state index contributed by atoms with van der Waals surface area (Å²) in [5, 5.41) is 14.0. The van der Waals surface area contributed by atoms with E-state index in [2.05, 4.69) is 11.6 Å². The lowest BCUT2D eigenvalue weighted by Gasteiger charge is -2.35. The minimum absolute atomic E-state index is 0.0733. The van der Waals surface area contributed by atoms with Crippen molar-refractivity contribution in [2.45, 2.75) is 18.9 Å². The van der Waals surface area contributed by atoms with Crippen LogP contribution in [0, 0.1) is 11.7 Å². The van der Waals surface area contributed by atoms with E-state index in [9.17, 15) is 12.8 Å². The van der Waals surface area contributed by atoms with Crippen LogP contribution >= 0.6 is 11.6 Å². The molecule has 2 aromatic rings. The third-order valence-electron chi connectivity index (χ3n) is 5.70. The van der Waals surface area contributed by atoms with Gasteiger partial charge in [-0.3, -0.25) is 0 Å². The largest absolute Gasteiger partial charge is 0.503 e. The first-order valence-electron chi connectivity index (χ1n) is 10.0. The molecule has 32 heavy (non-hydrogen) atoms. The number of nitrogens with zero attached hydrogens (tertiary/aromatic N) is 2. The summed E-state index contributed by atoms with van der Waals surface area (Å²) in [7, 11) is -3.55. The maximum Gasteiger partial charge on any atom is 0.503 e. The van der Waals surface area contributed by atoms with Gasteiger partial charge >= 0.3 is 6.16 Å². The summed E-state index contributed by atoms with van der Waals surface area (Å²) < 4.78 is 43.7. The van der Waals surface area contributed by atoms with Crippen molar-refractivity contribution >= 4 is 33.7 Å². The summed E-state index contributed by atoms with van der Waals surface area (Å²) in [6.07, 6.45) is -1.83. The van der Waals surface area contributed by atoms with Gasteiger partial charge in [-0.25, -0.2) is 9.18 Å². The van der Waals surface area contributed by atoms with Crippen molar-refractivity contribution < 1.29 is 27.8 Å². The average molecular weight is 486 g/mol. The fourth-order valence-electron chi connectivity index (χ4n) is 3.94. The predicted octanol–water partition coefficient (Wildman–Crippen LogP) is 3.46. The molecule has 3 N–H and O–H groups in total. The molecular weight excluding hydrogens is 461 g/mol. The molecule has 0 aromatic heterocycles. The first kappa shape index (κ1) is 24.2. The van der Waals surface area contributed by atoms with Crippen LogP contribution < -0.4 is 9.62 Å². The maximum absolute atomic E-state index is 13.7. The van der Waals surface area contributed by atoms with Crippen molar-refractivity contribution in [3.05, 3.63) is 64.9 Å². The highest BCUT2D eigenvalue weighted by Crippen LogP contribution is 2.47. The van der Waals surface area contributed by atoms with E-state index in [4.69, 9.17) is 26.6 Å². The molecule has 1 saturated carbocycles. The molecule has 2 aliphatic rings. The van der Waals surface area contributed by atoms with Gasteiger partial charge in [0, 0.05) is 43.8 Å². The van der Waals surface area contributed by atoms with Gasteiger partial charge in [0.05, 0.1) is 5.02 Å². The van der Waals surface area contributed by atoms with Crippen LogP contribution in [0.4, 0.5) is 14.9 Å². The number of benzene rings is 2. The van der Waals surface area contributed by atoms with Gasteiger partial charge < -0.3 is 15.1 Å². The summed E-state index contributed by atoms with van der Waals surface area (Å²) in [6.45, 7) is 3.79. The Kier molecular flexibility index (Phi) is 7.60. The number of rotatable bonds is 5. The third kappa shape index (κ3) is 5.89. The monoisotopic (exact) mass is 485 g/mol. The van der Waals surface area contributed by atoms with Crippen molar-refractivity contribution in [2.75, 3.05) is 31.1 Å². The van der Waals surface area contributed by atoms with Crippen molar-refractivity contribution in [2.24, 2.45) is 5.92 Å². The molecule has 174 valence electrons. The quantitative estimate of drug-likeness (QED) is 0.598. The van der Waals surface area contributed by atoms with E-state index in [1.807, 2.05) is 35.2 Å². The minimum atomic E-state index is -3.55. The van der Waals surface area contributed by atoms with E-state index in [-0.39, 0.29) is 22.9 Å². The van der Waals surface area contributed by atoms with Crippen LogP contribution in [-0.2, 0) is 10.2 Å². The molecule has 1 heterocycles. The molecule has 11 heteroatoms. The average Bonchev–Trinajstić information content (AvgIpc) is 3.38. The standard InChI is InChI=1S/C20H23ClFN3O2S.CH2O3/c1-14-19(15-5-3-2-4-6-15)20(14)23-28(26,27)25-11-9-24(10-12-25)16-7-8-17(21)18(22)13-16;2-1(3)4/h2-8,13-14,19-20,23H,9-12H2,1H3;(H2,2,3,4)/t14-,19-,20+;/m1./s1. The number of piperazine rings is 1. The second-order valence-corrected chi connectivity index (χ2v) is 9.82. The number of carbonyl (C=O) groups is 1. The fraction of sp³-hybridized carbons (Fsp3) is 0.381. The van der Waals surface area contributed by atoms with Gasteiger partial charge in [-0.15, -0.1) is 0 Å². The van der Waals surface area contributed by atoms with E-state index in [0.29, 0.717) is 31.9 Å². The summed E-state index contributed by atoms with van der Waals surface area (Å²) in [4.78, 5) is 10.5. The molecule has 1 aliphatic heterocycles. The van der Waals surface area contributed by atoms with Crippen LogP contribution in [-0.4, -0.2) is 61.3 Å². The zero-order valence-corrected chi connectivity index (χ0v) is 18.9. The van der Waals surface area contributed by atoms with Crippen LogP contribution in [0.1, 0.15) is 18.4 Å². The van der Waals surface area contributed by atoms with E-state index >= 15 is 0 Å². The Balaban J connectivity index is 0.000000668. The molecule has 0 amide bonds. The van der Waals surface area contributed by atoms with Crippen LogP contribution in [0.2, 0.25) is 5.02 Å². The van der Waals surface area contributed by atoms with Crippen LogP contribution in [0.5, 0.6) is 0 Å². The number of hydrogen-bond donors (Lipinski definition) is 3. The Bertz CT molecular complexity index is 1040. The van der Waals surface area contributed by atoms with E-state index in [1.54, 1.807) is 6.07 Å². The molecule has 3 atom stereocenters. The zero-order chi connectivity index (χ0) is 23.5. The Hall–Kier alpha value is -2.40. The molecule has 1 aliphatic carbocycles. The number of hydrogen-bond acceptors (Lipinski definition) is 4. The van der Waals surface area contributed by atoms with Crippen LogP contribution in [0.3, 0.4) is 0 Å². The maximum atomic E-state index is 13.7. The second-order valence-electron chi connectivity index (χ2n) is 7.71. The third-order valence-corrected chi connectivity index (χ3v) is 7.62. The first-order valence-corrected chi connectivity index (χ1v) is 11.9. The second kappa shape index (κ2) is 10.0. The lowest BCUT2D eigenvalue weighted by atomic mass is 10.1. The van der Waals surface area contributed by atoms with E-state index in [0.717, 1.165) is 5.56 Å². The molecule has 2 fully saturated rings. The van der Waals surface area contributed by atoms with E-state index in [1.165, 1.54) is 16.4 Å². The Morgan fingerprint density at radius 3 is 2.25 bits per heavy atom. The highest BCUT2D eigenvalue weighted by molar-refractivity contribution is 7.87. The minimum Gasteiger partial charge on any atom is -0.450 e. The molecule has 0 radical (unpaired) electrons. The van der Waals surface area contributed by atoms with Crippen LogP contribution in [0.25, 0.3) is 0 Å². The lowest BCUT2D eigenvalue weighted by molar-refractivity contribution is 0.137. The molecule has 4 rings (SSSR count). The van der Waals surface area contributed by atoms with Gasteiger partial charge in [0.2, 0.25) is 0 Å². The lowest BCUT2D eigenvalue weighted by Crippen LogP contribution is -2.52. The van der Waals surface area contributed by atoms with Crippen molar-refractivity contribution in [3.8, 4) is 0 Å². The van der Waals surface area contributed by atoms with Gasteiger partial charge in [-0.1, -0.05) is 48.9 Å². The first-order chi connectivity index (χ1) is 15.1. The van der Waals surface area contributed by atoms with Crippen molar-refractivity contribution in [1.29, 1.82) is 0 Å². The fourth-order valence-corrected chi connectivity index (χ4v) is 5.56. The summed E-state index contributed by atoms with van der Waals surface area (Å²) in [5.74, 6) is 0.0235. The molecule has 0 bridgehead atoms. The molecule has 2 aromatic carbocycles. The Morgan fingerprint density at radius 1 is 1.09 bits per heavy atom. The van der Waals surface area contributed by atoms with Crippen molar-refractivity contribution in [3.63, 3.8) is 0 Å². The zero-order valence-electron chi connectivity index (χ0n) is 17.4.